The topological polar surface area (TPSA) is 12.5 Å². The number of likely N-dealkylation sites (tertiary alicyclic amines) is 1. The number of unbranched alkanes of at least 4 members (excludes halogenated alkanes) is 1. The van der Waals surface area contributed by atoms with Crippen LogP contribution in [0, 0.1) is 19.8 Å². The van der Waals surface area contributed by atoms with Crippen LogP contribution in [0.2, 0.25) is 5.02 Å². The lowest BCUT2D eigenvalue weighted by atomic mass is 10.0. The number of benzene rings is 1. The highest BCUT2D eigenvalue weighted by molar-refractivity contribution is 6.30. The maximum absolute atomic E-state index is 6.04. The highest BCUT2D eigenvalue weighted by atomic mass is 35.5. The molecule has 3 heteroatoms. The molecule has 0 saturated carbocycles. The molecule has 0 radical (unpaired) electrons. The number of rotatable bonds is 6. The fourth-order valence-electron chi connectivity index (χ4n) is 3.23. The molecule has 0 aliphatic carbocycles. The molecule has 1 aliphatic rings. The van der Waals surface area contributed by atoms with Gasteiger partial charge in [-0.25, -0.2) is 0 Å². The second kappa shape index (κ2) is 8.05. The minimum Gasteiger partial charge on any atom is -0.493 e. The summed E-state index contributed by atoms with van der Waals surface area (Å²) in [6.07, 6.45) is 5.10. The van der Waals surface area contributed by atoms with Crippen molar-refractivity contribution < 1.29 is 4.74 Å². The zero-order valence-corrected chi connectivity index (χ0v) is 14.4. The Morgan fingerprint density at radius 1 is 1.24 bits per heavy atom. The summed E-state index contributed by atoms with van der Waals surface area (Å²) in [5, 5.41) is 0.788. The zero-order chi connectivity index (χ0) is 15.2. The molecule has 0 N–H and O–H groups in total. The van der Waals surface area contributed by atoms with E-state index in [4.69, 9.17) is 16.3 Å². The maximum atomic E-state index is 6.04. The largest absolute Gasteiger partial charge is 0.493 e. The number of piperidine rings is 1. The second-order valence-electron chi connectivity index (χ2n) is 6.47. The van der Waals surface area contributed by atoms with Gasteiger partial charge in [-0.1, -0.05) is 18.5 Å². The molecule has 0 amide bonds. The summed E-state index contributed by atoms with van der Waals surface area (Å²) in [6, 6.07) is 3.94. The standard InChI is InChI=1S/C18H28ClNO/c1-14-7-6-9-20(13-14)8-4-5-10-21-18-15(2)11-17(19)12-16(18)3/h11-12,14H,4-10,13H2,1-3H3/t14-/m1/s1. The van der Waals surface area contributed by atoms with Crippen LogP contribution in [0.5, 0.6) is 5.75 Å². The Labute approximate surface area is 134 Å². The van der Waals surface area contributed by atoms with Gasteiger partial charge in [-0.05, 0) is 81.8 Å². The Morgan fingerprint density at radius 2 is 1.95 bits per heavy atom. The van der Waals surface area contributed by atoms with Crippen molar-refractivity contribution in [2.45, 2.75) is 46.5 Å². The molecule has 1 aliphatic heterocycles. The minimum absolute atomic E-state index is 0.788. The van der Waals surface area contributed by atoms with Gasteiger partial charge in [0.2, 0.25) is 0 Å². The van der Waals surface area contributed by atoms with Crippen molar-refractivity contribution in [1.29, 1.82) is 0 Å². The molecule has 2 rings (SSSR count). The van der Waals surface area contributed by atoms with Crippen LogP contribution in [0.1, 0.15) is 43.7 Å². The van der Waals surface area contributed by atoms with E-state index >= 15 is 0 Å². The van der Waals surface area contributed by atoms with E-state index in [9.17, 15) is 0 Å². The first kappa shape index (κ1) is 16.6. The van der Waals surface area contributed by atoms with Crippen molar-refractivity contribution in [1.82, 2.24) is 4.90 Å². The number of hydrogen-bond donors (Lipinski definition) is 0. The van der Waals surface area contributed by atoms with Crippen LogP contribution < -0.4 is 4.74 Å². The summed E-state index contributed by atoms with van der Waals surface area (Å²) in [4.78, 5) is 2.60. The first-order chi connectivity index (χ1) is 10.1. The third-order valence-electron chi connectivity index (χ3n) is 4.28. The first-order valence-electron chi connectivity index (χ1n) is 8.18. The average molecular weight is 310 g/mol. The molecule has 0 unspecified atom stereocenters. The molecule has 0 bridgehead atoms. The average Bonchev–Trinajstić information content (AvgIpc) is 2.41. The monoisotopic (exact) mass is 309 g/mol. The van der Waals surface area contributed by atoms with Gasteiger partial charge in [0.15, 0.2) is 0 Å². The predicted octanol–water partition coefficient (Wildman–Crippen LogP) is 4.85. The molecular weight excluding hydrogens is 282 g/mol. The highest BCUT2D eigenvalue weighted by Crippen LogP contribution is 2.27. The molecule has 118 valence electrons. The van der Waals surface area contributed by atoms with Crippen molar-refractivity contribution in [3.8, 4) is 5.75 Å². The fourth-order valence-corrected chi connectivity index (χ4v) is 3.55. The molecular formula is C18H28ClNO. The van der Waals surface area contributed by atoms with Crippen LogP contribution >= 0.6 is 11.6 Å². The van der Waals surface area contributed by atoms with Gasteiger partial charge >= 0.3 is 0 Å². The fraction of sp³-hybridized carbons (Fsp3) is 0.667. The van der Waals surface area contributed by atoms with E-state index in [1.165, 1.54) is 38.9 Å². The van der Waals surface area contributed by atoms with Gasteiger partial charge in [0.05, 0.1) is 6.61 Å². The van der Waals surface area contributed by atoms with Gasteiger partial charge in [-0.15, -0.1) is 0 Å². The van der Waals surface area contributed by atoms with Gasteiger partial charge in [0.25, 0.3) is 0 Å². The lowest BCUT2D eigenvalue weighted by Gasteiger charge is -2.30. The Bertz CT molecular complexity index is 438. The molecule has 1 aromatic carbocycles. The third-order valence-corrected chi connectivity index (χ3v) is 4.50. The van der Waals surface area contributed by atoms with Gasteiger partial charge in [-0.2, -0.15) is 0 Å². The van der Waals surface area contributed by atoms with Gasteiger partial charge in [-0.3, -0.25) is 0 Å². The summed E-state index contributed by atoms with van der Waals surface area (Å²) in [6.45, 7) is 11.0. The van der Waals surface area contributed by atoms with E-state index < -0.39 is 0 Å². The Morgan fingerprint density at radius 3 is 2.62 bits per heavy atom. The van der Waals surface area contributed by atoms with E-state index in [0.717, 1.165) is 40.8 Å². The Hall–Kier alpha value is -0.730. The van der Waals surface area contributed by atoms with Crippen molar-refractivity contribution in [2.24, 2.45) is 5.92 Å². The summed E-state index contributed by atoms with van der Waals surface area (Å²) >= 11 is 6.04. The SMILES string of the molecule is Cc1cc(Cl)cc(C)c1OCCCCN1CCC[C@@H](C)C1. The van der Waals surface area contributed by atoms with Gasteiger partial charge < -0.3 is 9.64 Å². The molecule has 1 heterocycles. The summed E-state index contributed by atoms with van der Waals surface area (Å²) in [5.41, 5.74) is 2.26. The van der Waals surface area contributed by atoms with E-state index in [1.54, 1.807) is 0 Å². The lowest BCUT2D eigenvalue weighted by Crippen LogP contribution is -2.35. The van der Waals surface area contributed by atoms with Crippen LogP contribution in [0.3, 0.4) is 0 Å². The normalized spacial score (nSPS) is 19.7. The quantitative estimate of drug-likeness (QED) is 0.697. The first-order valence-corrected chi connectivity index (χ1v) is 8.56. The van der Waals surface area contributed by atoms with E-state index in [1.807, 2.05) is 12.1 Å². The van der Waals surface area contributed by atoms with E-state index in [-0.39, 0.29) is 0 Å². The van der Waals surface area contributed by atoms with Crippen molar-refractivity contribution >= 4 is 11.6 Å². The van der Waals surface area contributed by atoms with E-state index in [0.29, 0.717) is 0 Å². The van der Waals surface area contributed by atoms with E-state index in [2.05, 4.69) is 25.7 Å². The second-order valence-corrected chi connectivity index (χ2v) is 6.91. The summed E-state index contributed by atoms with van der Waals surface area (Å²) in [5.74, 6) is 1.88. The van der Waals surface area contributed by atoms with Crippen molar-refractivity contribution in [2.75, 3.05) is 26.2 Å². The number of aryl methyl sites for hydroxylation is 2. The molecule has 1 saturated heterocycles. The zero-order valence-electron chi connectivity index (χ0n) is 13.6. The van der Waals surface area contributed by atoms with Crippen molar-refractivity contribution in [3.63, 3.8) is 0 Å². The van der Waals surface area contributed by atoms with Crippen LogP contribution in [0.15, 0.2) is 12.1 Å². The van der Waals surface area contributed by atoms with Gasteiger partial charge in [0, 0.05) is 11.6 Å². The smallest absolute Gasteiger partial charge is 0.125 e. The number of hydrogen-bond acceptors (Lipinski definition) is 2. The number of ether oxygens (including phenoxy) is 1. The van der Waals surface area contributed by atoms with Gasteiger partial charge in [0.1, 0.15) is 5.75 Å². The molecule has 1 atom stereocenters. The molecule has 0 spiro atoms. The number of nitrogens with zero attached hydrogens (tertiary/aromatic N) is 1. The Balaban J connectivity index is 1.68. The minimum atomic E-state index is 0.788. The van der Waals surface area contributed by atoms with Crippen LogP contribution in [0.4, 0.5) is 0 Å². The summed E-state index contributed by atoms with van der Waals surface area (Å²) < 4.78 is 5.96. The molecule has 1 fully saturated rings. The molecule has 1 aromatic rings. The predicted molar refractivity (Wildman–Crippen MR) is 90.5 cm³/mol. The van der Waals surface area contributed by atoms with Crippen LogP contribution in [-0.4, -0.2) is 31.1 Å². The molecule has 0 aromatic heterocycles. The Kier molecular flexibility index (Phi) is 6.38. The number of halogens is 1. The molecule has 21 heavy (non-hydrogen) atoms. The lowest BCUT2D eigenvalue weighted by molar-refractivity contribution is 0.176. The highest BCUT2D eigenvalue weighted by Gasteiger charge is 2.15. The summed E-state index contributed by atoms with van der Waals surface area (Å²) in [7, 11) is 0. The van der Waals surface area contributed by atoms with Crippen molar-refractivity contribution in [3.05, 3.63) is 28.3 Å². The van der Waals surface area contributed by atoms with Crippen LogP contribution in [0.25, 0.3) is 0 Å². The third kappa shape index (κ3) is 5.19. The maximum Gasteiger partial charge on any atom is 0.125 e. The molecule has 2 nitrogen and oxygen atoms in total. The van der Waals surface area contributed by atoms with Crippen LogP contribution in [-0.2, 0) is 0 Å².